The highest BCUT2D eigenvalue weighted by molar-refractivity contribution is 7.92. The third-order valence-corrected chi connectivity index (χ3v) is 9.65. The van der Waals surface area contributed by atoms with Crippen LogP contribution in [0, 0.1) is 0 Å². The van der Waals surface area contributed by atoms with Gasteiger partial charge in [-0.1, -0.05) is 78.9 Å². The van der Waals surface area contributed by atoms with Crippen LogP contribution in [0.4, 0.5) is 5.69 Å². The normalized spacial score (nSPS) is 14.7. The third-order valence-electron chi connectivity index (χ3n) is 7.38. The molecule has 10 heteroatoms. The van der Waals surface area contributed by atoms with E-state index in [1.54, 1.807) is 25.1 Å². The number of hydrogen-bond acceptors (Lipinski definition) is 4. The fourth-order valence-electron chi connectivity index (χ4n) is 5.03. The molecule has 7 nitrogen and oxygen atoms in total. The van der Waals surface area contributed by atoms with E-state index in [9.17, 15) is 18.0 Å². The highest BCUT2D eigenvalue weighted by atomic mass is 35.5. The molecule has 1 aliphatic rings. The van der Waals surface area contributed by atoms with Gasteiger partial charge in [0.2, 0.25) is 11.8 Å². The number of nitrogens with one attached hydrogen (secondary N) is 1. The van der Waals surface area contributed by atoms with Crippen LogP contribution in [-0.2, 0) is 26.0 Å². The van der Waals surface area contributed by atoms with Crippen molar-refractivity contribution >= 4 is 50.7 Å². The van der Waals surface area contributed by atoms with E-state index in [0.29, 0.717) is 16.5 Å². The zero-order chi connectivity index (χ0) is 29.4. The Bertz CT molecular complexity index is 1430. The summed E-state index contributed by atoms with van der Waals surface area (Å²) in [6.07, 6.45) is 5.62. The molecule has 0 aliphatic heterocycles. The number of nitrogens with zero attached hydrogens (tertiary/aromatic N) is 2. The summed E-state index contributed by atoms with van der Waals surface area (Å²) in [5.74, 6) is -0.738. The summed E-state index contributed by atoms with van der Waals surface area (Å²) in [7, 11) is -4.18. The van der Waals surface area contributed by atoms with Crippen LogP contribution in [0.1, 0.15) is 44.6 Å². The van der Waals surface area contributed by atoms with E-state index < -0.39 is 28.5 Å². The molecule has 41 heavy (non-hydrogen) atoms. The molecule has 0 saturated heterocycles. The molecule has 1 atom stereocenters. The van der Waals surface area contributed by atoms with Crippen molar-refractivity contribution in [1.29, 1.82) is 0 Å². The smallest absolute Gasteiger partial charge is 0.264 e. The summed E-state index contributed by atoms with van der Waals surface area (Å²) in [5, 5.41) is 3.83. The highest BCUT2D eigenvalue weighted by Gasteiger charge is 2.33. The second kappa shape index (κ2) is 14.2. The van der Waals surface area contributed by atoms with Gasteiger partial charge in [0.05, 0.1) is 10.6 Å². The molecule has 1 saturated carbocycles. The first-order chi connectivity index (χ1) is 19.6. The van der Waals surface area contributed by atoms with Gasteiger partial charge in [-0.15, -0.1) is 0 Å². The molecular weight excluding hydrogens is 581 g/mol. The number of anilines is 1. The largest absolute Gasteiger partial charge is 0.352 e. The molecule has 0 bridgehead atoms. The zero-order valence-electron chi connectivity index (χ0n) is 23.0. The molecule has 218 valence electrons. The van der Waals surface area contributed by atoms with Gasteiger partial charge < -0.3 is 10.2 Å². The number of benzene rings is 3. The number of carbonyl (C=O) groups is 2. The molecule has 1 aliphatic carbocycles. The van der Waals surface area contributed by atoms with Gasteiger partial charge in [0, 0.05) is 22.6 Å². The Hall–Kier alpha value is -3.07. The van der Waals surface area contributed by atoms with Crippen LogP contribution in [0.3, 0.4) is 0 Å². The summed E-state index contributed by atoms with van der Waals surface area (Å²) in [5.41, 5.74) is 1.24. The fourth-order valence-corrected chi connectivity index (χ4v) is 6.75. The number of carbonyl (C=O) groups excluding carboxylic acids is 2. The zero-order valence-corrected chi connectivity index (χ0v) is 25.3. The summed E-state index contributed by atoms with van der Waals surface area (Å²) >= 11 is 12.2. The average Bonchev–Trinajstić information content (AvgIpc) is 2.97. The first-order valence-corrected chi connectivity index (χ1v) is 16.0. The van der Waals surface area contributed by atoms with Crippen LogP contribution in [0.2, 0.25) is 10.0 Å². The molecule has 2 amide bonds. The maximum Gasteiger partial charge on any atom is 0.264 e. The van der Waals surface area contributed by atoms with Crippen molar-refractivity contribution in [2.45, 2.75) is 62.4 Å². The Morgan fingerprint density at radius 2 is 1.59 bits per heavy atom. The van der Waals surface area contributed by atoms with Crippen LogP contribution < -0.4 is 9.62 Å². The predicted octanol–water partition coefficient (Wildman–Crippen LogP) is 6.10. The monoisotopic (exact) mass is 615 g/mol. The first kappa shape index (κ1) is 30.9. The lowest BCUT2D eigenvalue weighted by molar-refractivity contribution is -0.139. The van der Waals surface area contributed by atoms with Crippen LogP contribution in [0.15, 0.2) is 83.8 Å². The maximum absolute atomic E-state index is 14.0. The lowest BCUT2D eigenvalue weighted by atomic mass is 9.95. The van der Waals surface area contributed by atoms with Crippen LogP contribution in [0.5, 0.6) is 0 Å². The summed E-state index contributed by atoms with van der Waals surface area (Å²) < 4.78 is 28.7. The lowest BCUT2D eigenvalue weighted by Gasteiger charge is -2.33. The summed E-state index contributed by atoms with van der Waals surface area (Å²) in [4.78, 5) is 28.8. The topological polar surface area (TPSA) is 86.8 Å². The summed E-state index contributed by atoms with van der Waals surface area (Å²) in [6.45, 7) is 1.42. The van der Waals surface area contributed by atoms with E-state index in [2.05, 4.69) is 5.32 Å². The van der Waals surface area contributed by atoms with Crippen molar-refractivity contribution in [2.75, 3.05) is 17.4 Å². The molecular formula is C31H35Cl2N3O4S. The van der Waals surface area contributed by atoms with Gasteiger partial charge in [0.15, 0.2) is 0 Å². The van der Waals surface area contributed by atoms with E-state index in [-0.39, 0.29) is 29.1 Å². The minimum atomic E-state index is -4.18. The number of rotatable bonds is 11. The maximum atomic E-state index is 14.0. The second-order valence-electron chi connectivity index (χ2n) is 10.3. The van der Waals surface area contributed by atoms with E-state index in [0.717, 1.165) is 42.0 Å². The number of amides is 2. The van der Waals surface area contributed by atoms with Gasteiger partial charge in [0.25, 0.3) is 10.0 Å². The second-order valence-corrected chi connectivity index (χ2v) is 13.0. The lowest BCUT2D eigenvalue weighted by Crippen LogP contribution is -2.53. The van der Waals surface area contributed by atoms with Crippen LogP contribution in [-0.4, -0.2) is 50.3 Å². The van der Waals surface area contributed by atoms with Crippen molar-refractivity contribution in [3.8, 4) is 0 Å². The molecule has 3 aromatic rings. The number of halogens is 2. The Labute approximate surface area is 252 Å². The minimum absolute atomic E-state index is 0.0198. The van der Waals surface area contributed by atoms with Gasteiger partial charge in [-0.3, -0.25) is 13.9 Å². The standard InChI is InChI=1S/C31H35Cl2N3O4S/c1-23(31(38)34-27-12-6-3-7-13-27)35(20-19-24-9-4-2-5-10-24)30(37)22-36(28-14-8-11-26(33)21-28)41(39,40)29-17-15-25(32)16-18-29/h2,4-5,8-11,14-18,21,23,27H,3,6-7,12-13,19-20,22H2,1H3,(H,34,38). The van der Waals surface area contributed by atoms with E-state index in [4.69, 9.17) is 23.2 Å². The molecule has 4 rings (SSSR count). The van der Waals surface area contributed by atoms with Gasteiger partial charge in [0.1, 0.15) is 12.6 Å². The Kier molecular flexibility index (Phi) is 10.7. The van der Waals surface area contributed by atoms with Crippen molar-refractivity contribution in [3.63, 3.8) is 0 Å². The first-order valence-electron chi connectivity index (χ1n) is 13.8. The number of sulfonamides is 1. The van der Waals surface area contributed by atoms with Crippen molar-refractivity contribution < 1.29 is 18.0 Å². The van der Waals surface area contributed by atoms with Crippen LogP contribution >= 0.6 is 23.2 Å². The Balaban J connectivity index is 1.63. The van der Waals surface area contributed by atoms with E-state index in [1.165, 1.54) is 35.2 Å². The van der Waals surface area contributed by atoms with E-state index in [1.807, 2.05) is 30.3 Å². The molecule has 0 radical (unpaired) electrons. The summed E-state index contributed by atoms with van der Waals surface area (Å²) in [6, 6.07) is 21.0. The number of hydrogen-bond donors (Lipinski definition) is 1. The quantitative estimate of drug-likeness (QED) is 0.282. The average molecular weight is 617 g/mol. The van der Waals surface area contributed by atoms with Crippen LogP contribution in [0.25, 0.3) is 0 Å². The molecule has 1 N–H and O–H groups in total. The highest BCUT2D eigenvalue weighted by Crippen LogP contribution is 2.27. The molecule has 0 aromatic heterocycles. The van der Waals surface area contributed by atoms with E-state index >= 15 is 0 Å². The Morgan fingerprint density at radius 1 is 0.902 bits per heavy atom. The molecule has 0 heterocycles. The molecule has 1 fully saturated rings. The predicted molar refractivity (Wildman–Crippen MR) is 164 cm³/mol. The Morgan fingerprint density at radius 3 is 2.24 bits per heavy atom. The fraction of sp³-hybridized carbons (Fsp3) is 0.355. The molecule has 1 unspecified atom stereocenters. The van der Waals surface area contributed by atoms with Gasteiger partial charge in [-0.2, -0.15) is 0 Å². The van der Waals surface area contributed by atoms with Gasteiger partial charge in [-0.05, 0) is 74.2 Å². The minimum Gasteiger partial charge on any atom is -0.352 e. The molecule has 3 aromatic carbocycles. The third kappa shape index (κ3) is 8.24. The molecule has 0 spiro atoms. The van der Waals surface area contributed by atoms with Gasteiger partial charge >= 0.3 is 0 Å². The van der Waals surface area contributed by atoms with Crippen molar-refractivity contribution in [1.82, 2.24) is 10.2 Å². The van der Waals surface area contributed by atoms with Crippen molar-refractivity contribution in [3.05, 3.63) is 94.5 Å². The van der Waals surface area contributed by atoms with Gasteiger partial charge in [-0.25, -0.2) is 8.42 Å². The SMILES string of the molecule is CC(C(=O)NC1CCCCC1)N(CCc1ccccc1)C(=O)CN(c1cccc(Cl)c1)S(=O)(=O)c1ccc(Cl)cc1. The van der Waals surface area contributed by atoms with Crippen molar-refractivity contribution in [2.24, 2.45) is 0 Å².